The average molecular weight is 652 g/mol. The van der Waals surface area contributed by atoms with E-state index in [9.17, 15) is 19.2 Å². The summed E-state index contributed by atoms with van der Waals surface area (Å²) in [5.41, 5.74) is -0.266. The van der Waals surface area contributed by atoms with Crippen LogP contribution in [0.5, 0.6) is 5.75 Å². The van der Waals surface area contributed by atoms with Crippen LogP contribution in [0.15, 0.2) is 65.4 Å². The van der Waals surface area contributed by atoms with Crippen molar-refractivity contribution in [2.75, 3.05) is 28.3 Å². The number of benzene rings is 2. The molecule has 0 N–H and O–H groups in total. The number of amides is 2. The number of ketones is 1. The van der Waals surface area contributed by atoms with Gasteiger partial charge in [0.1, 0.15) is 24.3 Å². The van der Waals surface area contributed by atoms with Crippen molar-refractivity contribution in [2.45, 2.75) is 37.1 Å². The molecular formula is C30H29Cl3N2O8. The minimum absolute atomic E-state index is 0.0217. The topological polar surface area (TPSA) is 112 Å². The van der Waals surface area contributed by atoms with Gasteiger partial charge in [-0.25, -0.2) is 9.59 Å². The molecule has 2 aromatic rings. The number of likely N-dealkylation sites (N-methyl/N-ethyl adjacent to an activating group) is 2. The Kier molecular flexibility index (Phi) is 10.1. The quantitative estimate of drug-likeness (QED) is 0.419. The van der Waals surface area contributed by atoms with Crippen molar-refractivity contribution < 1.29 is 38.1 Å². The van der Waals surface area contributed by atoms with E-state index in [-0.39, 0.29) is 46.0 Å². The first-order chi connectivity index (χ1) is 20.4. The second-order valence-electron chi connectivity index (χ2n) is 10.0. The predicted octanol–water partition coefficient (Wildman–Crippen LogP) is 4.93. The maximum Gasteiger partial charge on any atom is 0.410 e. The van der Waals surface area contributed by atoms with Gasteiger partial charge in [-0.3, -0.25) is 14.5 Å². The van der Waals surface area contributed by atoms with Gasteiger partial charge >= 0.3 is 12.1 Å². The summed E-state index contributed by atoms with van der Waals surface area (Å²) in [4.78, 5) is 55.7. The number of ether oxygens (including phenoxy) is 4. The summed E-state index contributed by atoms with van der Waals surface area (Å²) in [5.74, 6) is -2.30. The van der Waals surface area contributed by atoms with E-state index in [0.717, 1.165) is 15.4 Å². The first-order valence-corrected chi connectivity index (χ1v) is 14.2. The summed E-state index contributed by atoms with van der Waals surface area (Å²) >= 11 is 19.4. The minimum atomic E-state index is -1.49. The van der Waals surface area contributed by atoms with E-state index in [1.807, 2.05) is 18.2 Å². The van der Waals surface area contributed by atoms with Crippen LogP contribution in [0.1, 0.15) is 17.5 Å². The third-order valence-electron chi connectivity index (χ3n) is 7.31. The molecule has 13 heteroatoms. The molecule has 0 fully saturated rings. The van der Waals surface area contributed by atoms with Crippen LogP contribution in [0, 0.1) is 0 Å². The number of hydrogen-bond acceptors (Lipinski definition) is 8. The zero-order valence-corrected chi connectivity index (χ0v) is 26.0. The molecule has 10 nitrogen and oxygen atoms in total. The Labute approximate surface area is 263 Å². The molecule has 2 amide bonds. The molecule has 228 valence electrons. The fourth-order valence-electron chi connectivity index (χ4n) is 4.83. The van der Waals surface area contributed by atoms with E-state index in [1.54, 1.807) is 12.1 Å². The number of allylic oxidation sites excluding steroid dienone is 1. The Hall–Kier alpha value is -3.57. The monoisotopic (exact) mass is 650 g/mol. The van der Waals surface area contributed by atoms with Crippen molar-refractivity contribution >= 4 is 58.6 Å². The standard InChI is InChI=1S/C30H29Cl3N2O8/c1-34-23(28(38)40-3)14-30(41-4)13-21(33)25(36)24(15-30)43-26-19(31)10-18(11-20(26)32)12-22(27(34)37)35(2)29(39)42-16-17-8-6-5-7-9-17/h5-11,13,15,22-23H,12,14,16H2,1-4H3/t22-,23-,30?/m0/s1. The number of esters is 1. The van der Waals surface area contributed by atoms with Crippen LogP contribution in [-0.2, 0) is 41.6 Å². The largest absolute Gasteiger partial charge is 0.467 e. The Morgan fingerprint density at radius 1 is 1.07 bits per heavy atom. The molecule has 4 bridgehead atoms. The van der Waals surface area contributed by atoms with E-state index in [4.69, 9.17) is 53.8 Å². The lowest BCUT2D eigenvalue weighted by Crippen LogP contribution is -2.55. The van der Waals surface area contributed by atoms with E-state index >= 15 is 0 Å². The summed E-state index contributed by atoms with van der Waals surface area (Å²) in [6.07, 6.45) is 1.61. The lowest BCUT2D eigenvalue weighted by atomic mass is 9.88. The molecule has 0 saturated heterocycles. The molecule has 43 heavy (non-hydrogen) atoms. The SMILES string of the molecule is COC(=O)[C@@H]1CC2(OC)C=C(Cl)C(=O)C(=C2)Oc2c(Cl)cc(cc2Cl)C[C@H](N(C)C(=O)OCc2ccccc2)C(=O)N1C. The third-order valence-corrected chi connectivity index (χ3v) is 8.16. The molecular weight excluding hydrogens is 623 g/mol. The zero-order chi connectivity index (χ0) is 31.5. The average Bonchev–Trinajstić information content (AvgIpc) is 3.00. The van der Waals surface area contributed by atoms with Gasteiger partial charge in [-0.15, -0.1) is 0 Å². The van der Waals surface area contributed by atoms with Gasteiger partial charge in [0.2, 0.25) is 11.7 Å². The first-order valence-electron chi connectivity index (χ1n) is 13.0. The highest BCUT2D eigenvalue weighted by molar-refractivity contribution is 6.45. The van der Waals surface area contributed by atoms with Gasteiger partial charge < -0.3 is 23.8 Å². The molecule has 2 aromatic carbocycles. The number of carbonyl (C=O) groups is 4. The second kappa shape index (κ2) is 13.4. The highest BCUT2D eigenvalue weighted by atomic mass is 35.5. The van der Waals surface area contributed by atoms with Crippen molar-refractivity contribution in [2.24, 2.45) is 0 Å². The number of Topliss-reactive ketones (excluding diaryl/α,β-unsaturated/α-hetero) is 1. The van der Waals surface area contributed by atoms with E-state index < -0.39 is 41.4 Å². The van der Waals surface area contributed by atoms with Gasteiger partial charge in [0, 0.05) is 34.0 Å². The summed E-state index contributed by atoms with van der Waals surface area (Å²) in [6, 6.07) is 9.66. The normalized spacial score (nSPS) is 22.2. The van der Waals surface area contributed by atoms with Crippen molar-refractivity contribution in [1.82, 2.24) is 9.80 Å². The Balaban J connectivity index is 1.80. The van der Waals surface area contributed by atoms with Gasteiger partial charge in [0.05, 0.1) is 22.2 Å². The van der Waals surface area contributed by atoms with Crippen LogP contribution in [0.25, 0.3) is 0 Å². The molecule has 2 heterocycles. The molecule has 0 aromatic heterocycles. The highest BCUT2D eigenvalue weighted by Gasteiger charge is 2.44. The number of fused-ring (bicyclic) bond motifs is 7. The van der Waals surface area contributed by atoms with Crippen molar-refractivity contribution in [3.63, 3.8) is 0 Å². The summed E-state index contributed by atoms with van der Waals surface area (Å²) in [6.45, 7) is -0.0217. The number of carbonyl (C=O) groups excluding carboxylic acids is 4. The van der Waals surface area contributed by atoms with Crippen LogP contribution in [0.3, 0.4) is 0 Å². The van der Waals surface area contributed by atoms with E-state index in [1.165, 1.54) is 52.6 Å². The van der Waals surface area contributed by atoms with Gasteiger partial charge in [-0.1, -0.05) is 65.1 Å². The second-order valence-corrected chi connectivity index (χ2v) is 11.3. The Morgan fingerprint density at radius 3 is 2.33 bits per heavy atom. The first kappa shape index (κ1) is 32.3. The molecule has 0 spiro atoms. The fraction of sp³-hybridized carbons (Fsp3) is 0.333. The lowest BCUT2D eigenvalue weighted by molar-refractivity contribution is -0.155. The van der Waals surface area contributed by atoms with Crippen molar-refractivity contribution in [3.8, 4) is 5.75 Å². The smallest absolute Gasteiger partial charge is 0.410 e. The van der Waals surface area contributed by atoms with Crippen molar-refractivity contribution in [3.05, 3.63) is 86.6 Å². The Morgan fingerprint density at radius 2 is 1.72 bits per heavy atom. The molecule has 1 unspecified atom stereocenters. The van der Waals surface area contributed by atoms with E-state index in [0.29, 0.717) is 5.56 Å². The number of rotatable bonds is 5. The van der Waals surface area contributed by atoms with E-state index in [2.05, 4.69) is 0 Å². The van der Waals surface area contributed by atoms with Crippen LogP contribution in [-0.4, -0.2) is 79.6 Å². The number of halogens is 3. The van der Waals surface area contributed by atoms with Crippen LogP contribution in [0.4, 0.5) is 4.79 Å². The maximum absolute atomic E-state index is 14.2. The third kappa shape index (κ3) is 6.99. The molecule has 3 aliphatic rings. The van der Waals surface area contributed by atoms with Gasteiger partial charge in [-0.05, 0) is 35.4 Å². The lowest BCUT2D eigenvalue weighted by Gasteiger charge is -2.38. The number of hydrogen-bond donors (Lipinski definition) is 0. The molecule has 5 rings (SSSR count). The number of nitrogens with zero attached hydrogens (tertiary/aromatic N) is 2. The molecule has 0 saturated carbocycles. The molecule has 3 atom stereocenters. The van der Waals surface area contributed by atoms with Crippen LogP contribution < -0.4 is 4.74 Å². The van der Waals surface area contributed by atoms with Gasteiger partial charge in [-0.2, -0.15) is 0 Å². The fourth-order valence-corrected chi connectivity index (χ4v) is 5.71. The highest BCUT2D eigenvalue weighted by Crippen LogP contribution is 2.40. The van der Waals surface area contributed by atoms with Crippen LogP contribution in [0.2, 0.25) is 10.0 Å². The molecule has 1 aliphatic carbocycles. The molecule has 0 radical (unpaired) electrons. The predicted molar refractivity (Wildman–Crippen MR) is 159 cm³/mol. The summed E-state index contributed by atoms with van der Waals surface area (Å²) < 4.78 is 22.1. The summed E-state index contributed by atoms with van der Waals surface area (Å²) in [5, 5.41) is -0.154. The molecule has 2 aliphatic heterocycles. The number of methoxy groups -OCH3 is 2. The maximum atomic E-state index is 14.2. The zero-order valence-electron chi connectivity index (χ0n) is 23.8. The van der Waals surface area contributed by atoms with Crippen molar-refractivity contribution in [1.29, 1.82) is 0 Å². The summed E-state index contributed by atoms with van der Waals surface area (Å²) in [7, 11) is 5.34. The van der Waals surface area contributed by atoms with Gasteiger partial charge in [0.25, 0.3) is 0 Å². The van der Waals surface area contributed by atoms with Gasteiger partial charge in [0.15, 0.2) is 11.5 Å². The van der Waals surface area contributed by atoms with Crippen LogP contribution >= 0.6 is 34.8 Å². The minimum Gasteiger partial charge on any atom is -0.467 e. The Bertz CT molecular complexity index is 1470.